The van der Waals surface area contributed by atoms with E-state index in [0.29, 0.717) is 27.7 Å². The average molecular weight is 376 g/mol. The molecule has 0 spiro atoms. The lowest BCUT2D eigenvalue weighted by molar-refractivity contribution is 0.632. The highest BCUT2D eigenvalue weighted by molar-refractivity contribution is 5.88. The van der Waals surface area contributed by atoms with Crippen LogP contribution in [0.5, 0.6) is 0 Å². The molecule has 4 aromatic rings. The van der Waals surface area contributed by atoms with Gasteiger partial charge in [0.2, 0.25) is 0 Å². The normalized spacial score (nSPS) is 14.6. The second-order valence-electron chi connectivity index (χ2n) is 7.11. The van der Waals surface area contributed by atoms with E-state index in [9.17, 15) is 8.78 Å². The Morgan fingerprint density at radius 3 is 2.57 bits per heavy atom. The molecule has 0 fully saturated rings. The Morgan fingerprint density at radius 1 is 0.964 bits per heavy atom. The van der Waals surface area contributed by atoms with Crippen LogP contribution in [0.4, 0.5) is 8.78 Å². The van der Waals surface area contributed by atoms with Gasteiger partial charge in [-0.1, -0.05) is 12.1 Å². The van der Waals surface area contributed by atoms with Crippen LogP contribution in [-0.2, 0) is 7.05 Å². The summed E-state index contributed by atoms with van der Waals surface area (Å²) in [5, 5.41) is 8.80. The van der Waals surface area contributed by atoms with E-state index in [1.165, 1.54) is 6.07 Å². The third-order valence-electron chi connectivity index (χ3n) is 5.15. The van der Waals surface area contributed by atoms with Gasteiger partial charge in [-0.25, -0.2) is 13.8 Å². The summed E-state index contributed by atoms with van der Waals surface area (Å²) in [5.41, 5.74) is 3.78. The zero-order valence-corrected chi connectivity index (χ0v) is 15.3. The fraction of sp³-hybridized carbons (Fsp3) is 0.182. The summed E-state index contributed by atoms with van der Waals surface area (Å²) in [7, 11) is 1.75. The van der Waals surface area contributed by atoms with E-state index in [1.54, 1.807) is 30.1 Å². The first-order valence-electron chi connectivity index (χ1n) is 9.22. The Kier molecular flexibility index (Phi) is 3.94. The Morgan fingerprint density at radius 2 is 1.75 bits per heavy atom. The Hall–Kier alpha value is -3.12. The molecule has 3 heterocycles. The molecule has 28 heavy (non-hydrogen) atoms. The maximum absolute atomic E-state index is 14.8. The first kappa shape index (κ1) is 17.0. The van der Waals surface area contributed by atoms with E-state index >= 15 is 0 Å². The number of hydrogen-bond acceptors (Lipinski definition) is 3. The van der Waals surface area contributed by atoms with Crippen molar-refractivity contribution < 1.29 is 8.78 Å². The second kappa shape index (κ2) is 6.49. The molecular weight excluding hydrogens is 358 g/mol. The SMILES string of the molecule is Cn1cc2cc(-c3ccc4cc(C5=CCNCC5)cc(F)c4n3)cc(F)c2n1. The molecule has 140 valence electrons. The molecule has 2 aromatic heterocycles. The molecule has 1 N–H and O–H groups in total. The molecule has 5 rings (SSSR count). The number of nitrogens with one attached hydrogen (secondary N) is 1. The number of benzene rings is 2. The molecule has 0 radical (unpaired) electrons. The standard InChI is InChI=1S/C22H18F2N4/c1-28-12-17-9-16(11-19(24)22(17)27-28)20-3-2-14-8-15(10-18(23)21(14)26-20)13-4-6-25-7-5-13/h2-4,8-12,25H,5-7H2,1H3. The van der Waals surface area contributed by atoms with Crippen LogP contribution in [0.25, 0.3) is 38.6 Å². The number of aryl methyl sites for hydroxylation is 1. The zero-order valence-electron chi connectivity index (χ0n) is 15.3. The van der Waals surface area contributed by atoms with Crippen LogP contribution >= 0.6 is 0 Å². The van der Waals surface area contributed by atoms with Crippen LogP contribution in [0, 0.1) is 11.6 Å². The van der Waals surface area contributed by atoms with E-state index in [0.717, 1.165) is 36.0 Å². The number of halogens is 2. The summed E-state index contributed by atoms with van der Waals surface area (Å²) in [4.78, 5) is 4.49. The summed E-state index contributed by atoms with van der Waals surface area (Å²) in [5.74, 6) is -0.777. The van der Waals surface area contributed by atoms with Gasteiger partial charge < -0.3 is 5.32 Å². The van der Waals surface area contributed by atoms with Crippen molar-refractivity contribution >= 4 is 27.4 Å². The van der Waals surface area contributed by atoms with Gasteiger partial charge in [-0.05, 0) is 54.4 Å². The van der Waals surface area contributed by atoms with E-state index < -0.39 is 5.82 Å². The average Bonchev–Trinajstić information content (AvgIpc) is 3.09. The number of aromatic nitrogens is 3. The van der Waals surface area contributed by atoms with Crippen molar-refractivity contribution in [2.45, 2.75) is 6.42 Å². The van der Waals surface area contributed by atoms with Crippen LogP contribution in [0.1, 0.15) is 12.0 Å². The van der Waals surface area contributed by atoms with Crippen molar-refractivity contribution in [1.29, 1.82) is 0 Å². The molecule has 4 nitrogen and oxygen atoms in total. The van der Waals surface area contributed by atoms with Gasteiger partial charge in [0.15, 0.2) is 5.82 Å². The molecule has 1 aliphatic rings. The highest BCUT2D eigenvalue weighted by atomic mass is 19.1. The number of nitrogens with zero attached hydrogens (tertiary/aromatic N) is 3. The van der Waals surface area contributed by atoms with E-state index in [4.69, 9.17) is 0 Å². The fourth-order valence-corrected chi connectivity index (χ4v) is 3.78. The predicted octanol–water partition coefficient (Wildman–Crippen LogP) is 4.44. The number of fused-ring (bicyclic) bond motifs is 2. The van der Waals surface area contributed by atoms with Gasteiger partial charge in [0.25, 0.3) is 0 Å². The maximum Gasteiger partial charge on any atom is 0.151 e. The van der Waals surface area contributed by atoms with Crippen LogP contribution < -0.4 is 5.32 Å². The summed E-state index contributed by atoms with van der Waals surface area (Å²) in [6, 6.07) is 10.4. The van der Waals surface area contributed by atoms with Gasteiger partial charge in [0.1, 0.15) is 16.9 Å². The minimum Gasteiger partial charge on any atom is -0.313 e. The minimum atomic E-state index is -0.413. The van der Waals surface area contributed by atoms with Crippen molar-refractivity contribution in [2.75, 3.05) is 13.1 Å². The van der Waals surface area contributed by atoms with E-state index in [-0.39, 0.29) is 5.82 Å². The highest BCUT2D eigenvalue weighted by Gasteiger charge is 2.14. The fourth-order valence-electron chi connectivity index (χ4n) is 3.78. The second-order valence-corrected chi connectivity index (χ2v) is 7.11. The molecule has 0 saturated carbocycles. The number of pyridine rings is 1. The van der Waals surface area contributed by atoms with Crippen molar-refractivity contribution in [3.05, 3.63) is 65.9 Å². The molecular formula is C22H18F2N4. The summed E-state index contributed by atoms with van der Waals surface area (Å²) >= 11 is 0. The molecule has 2 aromatic carbocycles. The lowest BCUT2D eigenvalue weighted by Crippen LogP contribution is -2.20. The molecule has 1 aliphatic heterocycles. The van der Waals surface area contributed by atoms with Gasteiger partial charge in [-0.3, -0.25) is 4.68 Å². The molecule has 0 saturated heterocycles. The lowest BCUT2D eigenvalue weighted by atomic mass is 9.98. The van der Waals surface area contributed by atoms with Crippen molar-refractivity contribution in [1.82, 2.24) is 20.1 Å². The Balaban J connectivity index is 1.62. The summed E-state index contributed by atoms with van der Waals surface area (Å²) in [6.07, 6.45) is 4.72. The number of rotatable bonds is 2. The smallest absolute Gasteiger partial charge is 0.151 e. The largest absolute Gasteiger partial charge is 0.313 e. The summed E-state index contributed by atoms with van der Waals surface area (Å²) in [6.45, 7) is 1.69. The lowest BCUT2D eigenvalue weighted by Gasteiger charge is -2.15. The predicted molar refractivity (Wildman–Crippen MR) is 107 cm³/mol. The number of hydrogen-bond donors (Lipinski definition) is 1. The monoisotopic (exact) mass is 376 g/mol. The van der Waals surface area contributed by atoms with Crippen molar-refractivity contribution in [3.63, 3.8) is 0 Å². The topological polar surface area (TPSA) is 42.7 Å². The van der Waals surface area contributed by atoms with Crippen LogP contribution in [0.3, 0.4) is 0 Å². The van der Waals surface area contributed by atoms with Gasteiger partial charge >= 0.3 is 0 Å². The zero-order chi connectivity index (χ0) is 19.3. The third-order valence-corrected chi connectivity index (χ3v) is 5.15. The first-order valence-corrected chi connectivity index (χ1v) is 9.22. The van der Waals surface area contributed by atoms with Gasteiger partial charge in [-0.2, -0.15) is 5.10 Å². The van der Waals surface area contributed by atoms with E-state index in [2.05, 4.69) is 21.5 Å². The molecule has 0 bridgehead atoms. The molecule has 0 unspecified atom stereocenters. The summed E-state index contributed by atoms with van der Waals surface area (Å²) < 4.78 is 30.8. The van der Waals surface area contributed by atoms with E-state index in [1.807, 2.05) is 18.2 Å². The highest BCUT2D eigenvalue weighted by Crippen LogP contribution is 2.30. The van der Waals surface area contributed by atoms with Gasteiger partial charge in [0.05, 0.1) is 5.69 Å². The van der Waals surface area contributed by atoms with Gasteiger partial charge in [0, 0.05) is 36.1 Å². The minimum absolute atomic E-state index is 0.294. The van der Waals surface area contributed by atoms with Crippen LogP contribution in [0.15, 0.2) is 48.7 Å². The third kappa shape index (κ3) is 2.86. The van der Waals surface area contributed by atoms with Gasteiger partial charge in [-0.15, -0.1) is 0 Å². The molecule has 0 amide bonds. The molecule has 6 heteroatoms. The van der Waals surface area contributed by atoms with Crippen molar-refractivity contribution in [3.8, 4) is 11.3 Å². The maximum atomic E-state index is 14.8. The quantitative estimate of drug-likeness (QED) is 0.562. The molecule has 0 atom stereocenters. The van der Waals surface area contributed by atoms with Crippen LogP contribution in [-0.4, -0.2) is 27.9 Å². The van der Waals surface area contributed by atoms with Crippen LogP contribution in [0.2, 0.25) is 0 Å². The Bertz CT molecular complexity index is 1260. The van der Waals surface area contributed by atoms with Crippen molar-refractivity contribution in [2.24, 2.45) is 7.05 Å². The molecule has 0 aliphatic carbocycles. The Labute approximate surface area is 160 Å². The first-order chi connectivity index (χ1) is 13.6.